The van der Waals surface area contributed by atoms with E-state index in [0.717, 1.165) is 30.4 Å². The van der Waals surface area contributed by atoms with Crippen molar-refractivity contribution in [3.63, 3.8) is 0 Å². The summed E-state index contributed by atoms with van der Waals surface area (Å²) in [6, 6.07) is 3.87. The molecule has 2 N–H and O–H groups in total. The monoisotopic (exact) mass is 203 g/mol. The molecule has 15 heavy (non-hydrogen) atoms. The molecule has 0 aliphatic rings. The van der Waals surface area contributed by atoms with Crippen LogP contribution in [-0.2, 0) is 17.6 Å². The maximum atomic E-state index is 10.3. The zero-order valence-electron chi connectivity index (χ0n) is 9.29. The summed E-state index contributed by atoms with van der Waals surface area (Å²) >= 11 is 0. The van der Waals surface area contributed by atoms with E-state index in [4.69, 9.17) is 5.73 Å². The Labute approximate surface area is 90.8 Å². The van der Waals surface area contributed by atoms with Gasteiger partial charge in [0.05, 0.1) is 0 Å². The third-order valence-electron chi connectivity index (χ3n) is 2.57. The van der Waals surface area contributed by atoms with Gasteiger partial charge in [0, 0.05) is 5.69 Å². The van der Waals surface area contributed by atoms with Crippen molar-refractivity contribution in [1.82, 2.24) is 0 Å². The maximum Gasteiger partial charge on any atom is 0.142 e. The normalized spacial score (nSPS) is 10.8. The van der Waals surface area contributed by atoms with Crippen molar-refractivity contribution in [2.45, 2.75) is 26.7 Å². The Morgan fingerprint density at radius 1 is 1.20 bits per heavy atom. The fourth-order valence-electron chi connectivity index (χ4n) is 1.86. The zero-order valence-corrected chi connectivity index (χ0v) is 9.29. The quantitative estimate of drug-likeness (QED) is 0.464. The second-order valence-corrected chi connectivity index (χ2v) is 3.40. The highest BCUT2D eigenvalue weighted by molar-refractivity contribution is 5.75. The van der Waals surface area contributed by atoms with Crippen molar-refractivity contribution < 1.29 is 4.79 Å². The lowest BCUT2D eigenvalue weighted by Gasteiger charge is -2.12. The van der Waals surface area contributed by atoms with E-state index in [9.17, 15) is 4.79 Å². The molecule has 2 nitrogen and oxygen atoms in total. The Morgan fingerprint density at radius 2 is 1.87 bits per heavy atom. The summed E-state index contributed by atoms with van der Waals surface area (Å²) in [5, 5.41) is 0. The summed E-state index contributed by atoms with van der Waals surface area (Å²) in [4.78, 5) is 10.3. The van der Waals surface area contributed by atoms with Crippen LogP contribution in [0.15, 0.2) is 18.2 Å². The highest BCUT2D eigenvalue weighted by atomic mass is 16.1. The summed E-state index contributed by atoms with van der Waals surface area (Å²) in [5.74, 6) is 0. The van der Waals surface area contributed by atoms with Gasteiger partial charge in [0.1, 0.15) is 6.29 Å². The van der Waals surface area contributed by atoms with Crippen molar-refractivity contribution >= 4 is 18.0 Å². The standard InChI is InChI=1S/C13H17NO/c1-3-11-10(6-5-9-15)7-8-13(14)12(11)4-2/h5-9H,3-4,14H2,1-2H3. The molecule has 1 rings (SSSR count). The van der Waals surface area contributed by atoms with Crippen LogP contribution in [0.1, 0.15) is 30.5 Å². The van der Waals surface area contributed by atoms with Gasteiger partial charge >= 0.3 is 0 Å². The van der Waals surface area contributed by atoms with Crippen LogP contribution in [0.4, 0.5) is 5.69 Å². The Balaban J connectivity index is 3.28. The van der Waals surface area contributed by atoms with Crippen molar-refractivity contribution in [1.29, 1.82) is 0 Å². The molecule has 0 atom stereocenters. The molecule has 0 aliphatic carbocycles. The number of nitrogens with two attached hydrogens (primary N) is 1. The number of nitrogen functional groups attached to an aromatic ring is 1. The van der Waals surface area contributed by atoms with E-state index in [-0.39, 0.29) is 0 Å². The number of rotatable bonds is 4. The molecule has 0 radical (unpaired) electrons. The number of allylic oxidation sites excluding steroid dienone is 1. The number of hydrogen-bond donors (Lipinski definition) is 1. The maximum absolute atomic E-state index is 10.3. The first-order valence-corrected chi connectivity index (χ1v) is 5.26. The SMILES string of the molecule is CCc1c(N)ccc(C=CC=O)c1CC. The molecule has 2 heteroatoms. The number of carbonyl (C=O) groups is 1. The van der Waals surface area contributed by atoms with Crippen LogP contribution < -0.4 is 5.73 Å². The van der Waals surface area contributed by atoms with Gasteiger partial charge in [-0.15, -0.1) is 0 Å². The molecule has 1 aromatic rings. The largest absolute Gasteiger partial charge is 0.398 e. The van der Waals surface area contributed by atoms with Crippen LogP contribution in [0.3, 0.4) is 0 Å². The van der Waals surface area contributed by atoms with Crippen LogP contribution in [-0.4, -0.2) is 6.29 Å². The minimum absolute atomic E-state index is 0.793. The average molecular weight is 203 g/mol. The second-order valence-electron chi connectivity index (χ2n) is 3.40. The summed E-state index contributed by atoms with van der Waals surface area (Å²) < 4.78 is 0. The van der Waals surface area contributed by atoms with Gasteiger partial charge in [-0.2, -0.15) is 0 Å². The van der Waals surface area contributed by atoms with Crippen molar-refractivity contribution in [2.75, 3.05) is 5.73 Å². The molecule has 80 valence electrons. The Kier molecular flexibility index (Phi) is 4.10. The number of aldehydes is 1. The van der Waals surface area contributed by atoms with Gasteiger partial charge in [0.25, 0.3) is 0 Å². The lowest BCUT2D eigenvalue weighted by Crippen LogP contribution is -2.00. The first-order chi connectivity index (χ1) is 7.24. The lowest BCUT2D eigenvalue weighted by molar-refractivity contribution is -0.104. The van der Waals surface area contributed by atoms with Crippen LogP contribution >= 0.6 is 0 Å². The summed E-state index contributed by atoms with van der Waals surface area (Å²) in [6.45, 7) is 4.20. The van der Waals surface area contributed by atoms with E-state index in [1.165, 1.54) is 17.2 Å². The molecule has 0 bridgehead atoms. The first-order valence-electron chi connectivity index (χ1n) is 5.26. The molecule has 0 saturated heterocycles. The summed E-state index contributed by atoms with van der Waals surface area (Å²) in [6.07, 6.45) is 6.01. The third-order valence-corrected chi connectivity index (χ3v) is 2.57. The molecule has 0 amide bonds. The number of hydrogen-bond acceptors (Lipinski definition) is 2. The van der Waals surface area contributed by atoms with E-state index in [1.807, 2.05) is 18.2 Å². The van der Waals surface area contributed by atoms with E-state index < -0.39 is 0 Å². The Morgan fingerprint density at radius 3 is 2.40 bits per heavy atom. The van der Waals surface area contributed by atoms with Gasteiger partial charge in [0.15, 0.2) is 0 Å². The van der Waals surface area contributed by atoms with Crippen LogP contribution in [0, 0.1) is 0 Å². The van der Waals surface area contributed by atoms with Crippen molar-refractivity contribution in [3.05, 3.63) is 34.9 Å². The van der Waals surface area contributed by atoms with E-state index in [0.29, 0.717) is 0 Å². The van der Waals surface area contributed by atoms with Gasteiger partial charge in [-0.3, -0.25) is 4.79 Å². The highest BCUT2D eigenvalue weighted by Crippen LogP contribution is 2.23. The summed E-state index contributed by atoms with van der Waals surface area (Å²) in [5.41, 5.74) is 10.3. The van der Waals surface area contributed by atoms with Crippen LogP contribution in [0.25, 0.3) is 6.08 Å². The molecule has 0 unspecified atom stereocenters. The third kappa shape index (κ3) is 2.46. The van der Waals surface area contributed by atoms with Gasteiger partial charge in [0.2, 0.25) is 0 Å². The molecule has 0 saturated carbocycles. The van der Waals surface area contributed by atoms with Gasteiger partial charge in [-0.05, 0) is 41.7 Å². The fraction of sp³-hybridized carbons (Fsp3) is 0.308. The topological polar surface area (TPSA) is 43.1 Å². The average Bonchev–Trinajstić information content (AvgIpc) is 2.26. The molecular weight excluding hydrogens is 186 g/mol. The highest BCUT2D eigenvalue weighted by Gasteiger charge is 2.06. The predicted molar refractivity (Wildman–Crippen MR) is 64.7 cm³/mol. The molecule has 0 fully saturated rings. The molecule has 0 spiro atoms. The fourth-order valence-corrected chi connectivity index (χ4v) is 1.86. The summed E-state index contributed by atoms with van der Waals surface area (Å²) in [7, 11) is 0. The Bertz CT molecular complexity index is 380. The molecular formula is C13H17NO. The van der Waals surface area contributed by atoms with E-state index in [1.54, 1.807) is 0 Å². The van der Waals surface area contributed by atoms with E-state index >= 15 is 0 Å². The van der Waals surface area contributed by atoms with Gasteiger partial charge in [-0.1, -0.05) is 26.0 Å². The van der Waals surface area contributed by atoms with Crippen LogP contribution in [0.5, 0.6) is 0 Å². The predicted octanol–water partition coefficient (Wildman–Crippen LogP) is 2.61. The number of benzene rings is 1. The minimum Gasteiger partial charge on any atom is -0.398 e. The molecule has 0 aromatic heterocycles. The first kappa shape index (κ1) is 11.5. The number of anilines is 1. The Hall–Kier alpha value is -1.57. The molecule has 0 aliphatic heterocycles. The van der Waals surface area contributed by atoms with Gasteiger partial charge < -0.3 is 5.73 Å². The second kappa shape index (κ2) is 5.35. The minimum atomic E-state index is 0.793. The number of carbonyl (C=O) groups excluding carboxylic acids is 1. The van der Waals surface area contributed by atoms with Crippen molar-refractivity contribution in [3.8, 4) is 0 Å². The van der Waals surface area contributed by atoms with E-state index in [2.05, 4.69) is 13.8 Å². The van der Waals surface area contributed by atoms with Crippen LogP contribution in [0.2, 0.25) is 0 Å². The molecule has 1 aromatic carbocycles. The van der Waals surface area contributed by atoms with Gasteiger partial charge in [-0.25, -0.2) is 0 Å². The zero-order chi connectivity index (χ0) is 11.3. The lowest BCUT2D eigenvalue weighted by atomic mass is 9.95. The molecule has 0 heterocycles. The smallest absolute Gasteiger partial charge is 0.142 e. The van der Waals surface area contributed by atoms with Crippen molar-refractivity contribution in [2.24, 2.45) is 0 Å².